The molecular formula is C21H28N5O3+. The maximum absolute atomic E-state index is 12.8. The standard InChI is InChI=1S/C21H27N5O3/c1-21(2,3)29-20(28)26-12-17-18(22-10-16(26)13-27)23-14-24-19(17)25(4)11-15-8-6-5-7-9-15/h5-9,12,14,16,27H,10-11,13H2,1-4H3/p+1/t16-/m0/s1. The molecule has 1 aromatic heterocycles. The number of nitrogens with one attached hydrogen (secondary N) is 1. The molecule has 1 amide bonds. The van der Waals surface area contributed by atoms with Crippen LogP contribution >= 0.6 is 0 Å². The largest absolute Gasteiger partial charge is 0.597 e. The highest BCUT2D eigenvalue weighted by molar-refractivity contribution is 5.92. The number of rotatable bonds is 4. The van der Waals surface area contributed by atoms with E-state index >= 15 is 0 Å². The predicted molar refractivity (Wildman–Crippen MR) is 112 cm³/mol. The first-order valence-corrected chi connectivity index (χ1v) is 9.59. The van der Waals surface area contributed by atoms with Gasteiger partial charge < -0.3 is 20.1 Å². The van der Waals surface area contributed by atoms with Crippen molar-refractivity contribution < 1.29 is 19.2 Å². The first-order chi connectivity index (χ1) is 13.8. The molecule has 154 valence electrons. The molecule has 29 heavy (non-hydrogen) atoms. The lowest BCUT2D eigenvalue weighted by atomic mass is 10.2. The third kappa shape index (κ3) is 5.08. The minimum atomic E-state index is -0.645. The summed E-state index contributed by atoms with van der Waals surface area (Å²) in [5.74, 6) is 1.29. The van der Waals surface area contributed by atoms with Gasteiger partial charge in [-0.3, -0.25) is 0 Å². The number of nitrogens with zero attached hydrogens (tertiary/aromatic N) is 4. The van der Waals surface area contributed by atoms with Crippen molar-refractivity contribution in [3.63, 3.8) is 0 Å². The van der Waals surface area contributed by atoms with Crippen molar-refractivity contribution in [2.45, 2.75) is 39.0 Å². The van der Waals surface area contributed by atoms with Crippen LogP contribution in [0.4, 0.5) is 16.4 Å². The first-order valence-electron chi connectivity index (χ1n) is 9.59. The van der Waals surface area contributed by atoms with Crippen molar-refractivity contribution in [2.24, 2.45) is 0 Å². The monoisotopic (exact) mass is 398 g/mol. The van der Waals surface area contributed by atoms with Crippen molar-refractivity contribution in [3.05, 3.63) is 47.8 Å². The molecule has 8 heteroatoms. The molecule has 1 aromatic carbocycles. The predicted octanol–water partition coefficient (Wildman–Crippen LogP) is 2.27. The highest BCUT2D eigenvalue weighted by Gasteiger charge is 2.36. The summed E-state index contributed by atoms with van der Waals surface area (Å²) in [6.07, 6.45) is 2.64. The quantitative estimate of drug-likeness (QED) is 0.764. The Kier molecular flexibility index (Phi) is 6.12. The topological polar surface area (TPSA) is 90.6 Å². The summed E-state index contributed by atoms with van der Waals surface area (Å²) in [7, 11) is 1.94. The average Bonchev–Trinajstić information content (AvgIpc) is 2.86. The second-order valence-corrected chi connectivity index (χ2v) is 8.04. The van der Waals surface area contributed by atoms with Gasteiger partial charge in [0, 0.05) is 13.6 Å². The molecule has 1 atom stereocenters. The van der Waals surface area contributed by atoms with Gasteiger partial charge in [-0.1, -0.05) is 30.3 Å². The molecule has 1 aliphatic rings. The third-order valence-electron chi connectivity index (χ3n) is 4.47. The smallest absolute Gasteiger partial charge is 0.406 e. The summed E-state index contributed by atoms with van der Waals surface area (Å²) in [4.78, 5) is 23.6. The van der Waals surface area contributed by atoms with Gasteiger partial charge in [0.25, 0.3) is 0 Å². The van der Waals surface area contributed by atoms with Crippen LogP contribution in [0.5, 0.6) is 0 Å². The fourth-order valence-electron chi connectivity index (χ4n) is 3.11. The van der Waals surface area contributed by atoms with Gasteiger partial charge in [-0.15, -0.1) is 4.58 Å². The molecule has 3 rings (SSSR count). The van der Waals surface area contributed by atoms with Crippen molar-refractivity contribution >= 4 is 23.9 Å². The van der Waals surface area contributed by atoms with Crippen molar-refractivity contribution in [1.82, 2.24) is 9.97 Å². The van der Waals surface area contributed by atoms with Crippen LogP contribution in [0.25, 0.3) is 0 Å². The minimum absolute atomic E-state index is 0.209. The molecule has 0 spiro atoms. The van der Waals surface area contributed by atoms with E-state index in [-0.39, 0.29) is 6.61 Å². The van der Waals surface area contributed by atoms with Crippen molar-refractivity contribution in [2.75, 3.05) is 30.4 Å². The Morgan fingerprint density at radius 2 is 2.03 bits per heavy atom. The van der Waals surface area contributed by atoms with Gasteiger partial charge in [0.2, 0.25) is 6.04 Å². The van der Waals surface area contributed by atoms with Crippen molar-refractivity contribution in [3.8, 4) is 0 Å². The number of carbonyl (C=O) groups is 1. The van der Waals surface area contributed by atoms with Gasteiger partial charge in [0.1, 0.15) is 35.7 Å². The Morgan fingerprint density at radius 3 is 2.69 bits per heavy atom. The van der Waals surface area contributed by atoms with E-state index < -0.39 is 17.7 Å². The number of benzene rings is 1. The molecule has 0 saturated carbocycles. The zero-order chi connectivity index (χ0) is 21.0. The number of carbonyl (C=O) groups excluding carboxylic acids is 1. The zero-order valence-electron chi connectivity index (χ0n) is 17.3. The minimum Gasteiger partial charge on any atom is -0.406 e. The molecule has 2 aromatic rings. The molecule has 2 N–H and O–H groups in total. The molecule has 8 nitrogen and oxygen atoms in total. The molecule has 0 aliphatic carbocycles. The van der Waals surface area contributed by atoms with Crippen LogP contribution < -0.4 is 10.2 Å². The van der Waals surface area contributed by atoms with Gasteiger partial charge in [-0.05, 0) is 26.3 Å². The molecule has 0 radical (unpaired) electrons. The number of fused-ring (bicyclic) bond motifs is 1. The Labute approximate surface area is 170 Å². The lowest BCUT2D eigenvalue weighted by molar-refractivity contribution is -0.486. The Balaban J connectivity index is 2.00. The van der Waals surface area contributed by atoms with E-state index in [1.165, 1.54) is 10.9 Å². The summed E-state index contributed by atoms with van der Waals surface area (Å²) in [5, 5.41) is 13.0. The maximum Gasteiger partial charge on any atom is 0.597 e. The zero-order valence-corrected chi connectivity index (χ0v) is 17.3. The molecule has 0 saturated heterocycles. The molecular weight excluding hydrogens is 370 g/mol. The van der Waals surface area contributed by atoms with Crippen LogP contribution in [0.15, 0.2) is 36.7 Å². The van der Waals surface area contributed by atoms with Gasteiger partial charge in [0.05, 0.1) is 6.54 Å². The summed E-state index contributed by atoms with van der Waals surface area (Å²) in [6, 6.07) is 9.58. The number of hydrogen-bond acceptors (Lipinski definition) is 7. The van der Waals surface area contributed by atoms with E-state index in [4.69, 9.17) is 4.74 Å². The third-order valence-corrected chi connectivity index (χ3v) is 4.47. The molecule has 0 fully saturated rings. The maximum atomic E-state index is 12.8. The van der Waals surface area contributed by atoms with E-state index in [0.29, 0.717) is 30.3 Å². The summed E-state index contributed by atoms with van der Waals surface area (Å²) in [5.41, 5.74) is 1.17. The normalized spacial score (nSPS) is 16.2. The Hall–Kier alpha value is -3.00. The van der Waals surface area contributed by atoms with E-state index in [0.717, 1.165) is 5.56 Å². The Bertz CT molecular complexity index is 893. The van der Waals surface area contributed by atoms with E-state index in [1.807, 2.05) is 63.1 Å². The van der Waals surface area contributed by atoms with Gasteiger partial charge >= 0.3 is 6.09 Å². The van der Waals surface area contributed by atoms with E-state index in [9.17, 15) is 9.90 Å². The summed E-state index contributed by atoms with van der Waals surface area (Å²) in [6.45, 7) is 6.21. The average molecular weight is 398 g/mol. The van der Waals surface area contributed by atoms with Crippen LogP contribution in [0.3, 0.4) is 0 Å². The fourth-order valence-corrected chi connectivity index (χ4v) is 3.11. The highest BCUT2D eigenvalue weighted by atomic mass is 16.6. The van der Waals surface area contributed by atoms with Crippen LogP contribution in [0, 0.1) is 0 Å². The number of anilines is 2. The second-order valence-electron chi connectivity index (χ2n) is 8.04. The van der Waals surface area contributed by atoms with E-state index in [2.05, 4.69) is 15.3 Å². The number of aromatic nitrogens is 2. The lowest BCUT2D eigenvalue weighted by Gasteiger charge is -2.20. The van der Waals surface area contributed by atoms with Gasteiger partial charge in [-0.2, -0.15) is 4.79 Å². The molecule has 0 bridgehead atoms. The first kappa shape index (κ1) is 20.7. The van der Waals surface area contributed by atoms with Crippen LogP contribution in [0.1, 0.15) is 31.9 Å². The van der Waals surface area contributed by atoms with Gasteiger partial charge in [-0.25, -0.2) is 9.97 Å². The molecule has 1 aliphatic heterocycles. The summed E-state index contributed by atoms with van der Waals surface area (Å²) < 4.78 is 6.96. The van der Waals surface area contributed by atoms with Crippen LogP contribution in [-0.4, -0.2) is 63.8 Å². The second kappa shape index (κ2) is 8.57. The number of amides is 1. The fraction of sp³-hybridized carbons (Fsp3) is 0.429. The summed E-state index contributed by atoms with van der Waals surface area (Å²) >= 11 is 0. The van der Waals surface area contributed by atoms with Crippen LogP contribution in [0.2, 0.25) is 0 Å². The molecule has 2 heterocycles. The van der Waals surface area contributed by atoms with Crippen LogP contribution in [-0.2, 0) is 11.3 Å². The number of ether oxygens (including phenoxy) is 1. The number of aliphatic hydroxyl groups excluding tert-OH is 1. The SMILES string of the molecule is CN(Cc1ccccc1)c1ncnc2c1C=[N+](C(=O)OC(C)(C)C)[C@H](CO)CN2. The number of hydrogen-bond donors (Lipinski definition) is 2. The van der Waals surface area contributed by atoms with Crippen molar-refractivity contribution in [1.29, 1.82) is 0 Å². The molecule has 0 unspecified atom stereocenters. The lowest BCUT2D eigenvalue weighted by Crippen LogP contribution is -2.41. The number of aliphatic hydroxyl groups is 1. The Morgan fingerprint density at radius 1 is 1.31 bits per heavy atom. The van der Waals surface area contributed by atoms with E-state index in [1.54, 1.807) is 6.21 Å². The highest BCUT2D eigenvalue weighted by Crippen LogP contribution is 2.24. The van der Waals surface area contributed by atoms with Gasteiger partial charge in [0.15, 0.2) is 6.21 Å².